The third-order valence-electron chi connectivity index (χ3n) is 3.58. The predicted octanol–water partition coefficient (Wildman–Crippen LogP) is 0.0160. The molecule has 1 unspecified atom stereocenters. The highest BCUT2D eigenvalue weighted by atomic mass is 16.2. The molecule has 0 bridgehead atoms. The van der Waals surface area contributed by atoms with E-state index in [1.807, 2.05) is 12.1 Å². The van der Waals surface area contributed by atoms with Gasteiger partial charge in [0.2, 0.25) is 11.8 Å². The first-order valence-corrected chi connectivity index (χ1v) is 5.88. The van der Waals surface area contributed by atoms with E-state index in [0.717, 1.165) is 12.8 Å². The van der Waals surface area contributed by atoms with E-state index in [0.29, 0.717) is 0 Å². The lowest BCUT2D eigenvalue weighted by molar-refractivity contribution is -0.135. The average molecular weight is 230 g/mol. The highest BCUT2D eigenvalue weighted by Gasteiger charge is 2.36. The Morgan fingerprint density at radius 1 is 1.06 bits per heavy atom. The number of piperazine rings is 1. The normalized spacial score (nSPS) is 24.1. The number of nitrogens with one attached hydrogen (secondary N) is 2. The van der Waals surface area contributed by atoms with Crippen LogP contribution in [-0.2, 0) is 22.4 Å². The lowest BCUT2D eigenvalue weighted by Crippen LogP contribution is -2.59. The molecule has 1 fully saturated rings. The number of hydrogen-bond donors (Lipinski definition) is 2. The van der Waals surface area contributed by atoms with Crippen LogP contribution in [0.1, 0.15) is 11.1 Å². The van der Waals surface area contributed by atoms with Gasteiger partial charge in [-0.25, -0.2) is 0 Å². The molecule has 0 radical (unpaired) electrons. The molecule has 1 aromatic rings. The first-order valence-electron chi connectivity index (χ1n) is 5.88. The Bertz CT molecular complexity index is 459. The van der Waals surface area contributed by atoms with E-state index >= 15 is 0 Å². The first kappa shape index (κ1) is 10.3. The van der Waals surface area contributed by atoms with Gasteiger partial charge in [-0.1, -0.05) is 24.3 Å². The molecule has 2 aliphatic rings. The van der Waals surface area contributed by atoms with Crippen molar-refractivity contribution in [3.8, 4) is 0 Å². The van der Waals surface area contributed by atoms with Gasteiger partial charge in [-0.2, -0.15) is 0 Å². The van der Waals surface area contributed by atoms with Crippen LogP contribution < -0.4 is 10.6 Å². The summed E-state index contributed by atoms with van der Waals surface area (Å²) in [5, 5.41) is 5.43. The summed E-state index contributed by atoms with van der Waals surface area (Å²) >= 11 is 0. The molecule has 4 heteroatoms. The molecular formula is C13H14N2O2. The molecule has 1 atom stereocenters. The Kier molecular flexibility index (Phi) is 2.35. The summed E-state index contributed by atoms with van der Waals surface area (Å²) in [6.45, 7) is 0.106. The second kappa shape index (κ2) is 3.87. The van der Waals surface area contributed by atoms with Crippen LogP contribution in [0.2, 0.25) is 0 Å². The van der Waals surface area contributed by atoms with Gasteiger partial charge < -0.3 is 10.6 Å². The quantitative estimate of drug-likeness (QED) is 0.714. The Morgan fingerprint density at radius 2 is 1.71 bits per heavy atom. The van der Waals surface area contributed by atoms with Crippen LogP contribution in [0.3, 0.4) is 0 Å². The maximum Gasteiger partial charge on any atom is 0.243 e. The Balaban J connectivity index is 1.79. The minimum Gasteiger partial charge on any atom is -0.345 e. The number of carbonyl (C=O) groups is 2. The van der Waals surface area contributed by atoms with Crippen LogP contribution in [0, 0.1) is 5.92 Å². The molecule has 4 nitrogen and oxygen atoms in total. The second-order valence-electron chi connectivity index (χ2n) is 4.70. The van der Waals surface area contributed by atoms with Crippen LogP contribution in [0.25, 0.3) is 0 Å². The summed E-state index contributed by atoms with van der Waals surface area (Å²) < 4.78 is 0. The van der Waals surface area contributed by atoms with E-state index < -0.39 is 0 Å². The molecule has 88 valence electrons. The van der Waals surface area contributed by atoms with Gasteiger partial charge >= 0.3 is 0 Å². The summed E-state index contributed by atoms with van der Waals surface area (Å²) in [7, 11) is 0. The fourth-order valence-electron chi connectivity index (χ4n) is 2.73. The number of benzene rings is 1. The Labute approximate surface area is 99.4 Å². The van der Waals surface area contributed by atoms with Crippen molar-refractivity contribution < 1.29 is 9.59 Å². The highest BCUT2D eigenvalue weighted by Crippen LogP contribution is 2.29. The average Bonchev–Trinajstić information content (AvgIpc) is 2.75. The van der Waals surface area contributed by atoms with Crippen molar-refractivity contribution in [2.75, 3.05) is 6.54 Å². The maximum atomic E-state index is 11.8. The van der Waals surface area contributed by atoms with Crippen molar-refractivity contribution >= 4 is 11.8 Å². The summed E-state index contributed by atoms with van der Waals surface area (Å²) in [6.07, 6.45) is 1.74. The van der Waals surface area contributed by atoms with Crippen LogP contribution in [0.4, 0.5) is 0 Å². The van der Waals surface area contributed by atoms with E-state index in [1.54, 1.807) is 0 Å². The molecule has 1 heterocycles. The Hall–Kier alpha value is -1.84. The molecule has 0 aromatic heterocycles. The van der Waals surface area contributed by atoms with Gasteiger partial charge in [0.15, 0.2) is 0 Å². The standard InChI is InChI=1S/C13H14N2O2/c16-11-7-14-13(17)12(15-11)10-5-8-3-1-2-4-9(8)6-10/h1-4,10,12H,5-7H2,(H,14,17)(H,15,16). The zero-order chi connectivity index (χ0) is 11.8. The molecule has 1 aliphatic heterocycles. The summed E-state index contributed by atoms with van der Waals surface area (Å²) in [4.78, 5) is 23.1. The van der Waals surface area contributed by atoms with E-state index in [2.05, 4.69) is 22.8 Å². The smallest absolute Gasteiger partial charge is 0.243 e. The van der Waals surface area contributed by atoms with Crippen molar-refractivity contribution in [3.63, 3.8) is 0 Å². The van der Waals surface area contributed by atoms with Crippen molar-refractivity contribution in [2.24, 2.45) is 5.92 Å². The van der Waals surface area contributed by atoms with Gasteiger partial charge in [0.25, 0.3) is 0 Å². The molecule has 0 spiro atoms. The van der Waals surface area contributed by atoms with Crippen molar-refractivity contribution in [2.45, 2.75) is 18.9 Å². The molecule has 3 rings (SSSR count). The number of amides is 2. The first-order chi connectivity index (χ1) is 8.24. The van der Waals surface area contributed by atoms with Crippen molar-refractivity contribution in [1.29, 1.82) is 0 Å². The third kappa shape index (κ3) is 1.79. The minimum atomic E-state index is -0.372. The summed E-state index contributed by atoms with van der Waals surface area (Å²) in [5.41, 5.74) is 2.59. The SMILES string of the molecule is O=C1CNC(=O)C(C2Cc3ccccc3C2)N1. The van der Waals surface area contributed by atoms with Gasteiger partial charge in [0.05, 0.1) is 6.54 Å². The fraction of sp³-hybridized carbons (Fsp3) is 0.385. The van der Waals surface area contributed by atoms with E-state index in [9.17, 15) is 9.59 Å². The molecule has 1 saturated heterocycles. The largest absolute Gasteiger partial charge is 0.345 e. The molecular weight excluding hydrogens is 216 g/mol. The maximum absolute atomic E-state index is 11.8. The second-order valence-corrected chi connectivity index (χ2v) is 4.70. The number of rotatable bonds is 1. The van der Waals surface area contributed by atoms with Crippen molar-refractivity contribution in [3.05, 3.63) is 35.4 Å². The minimum absolute atomic E-state index is 0.0533. The van der Waals surface area contributed by atoms with E-state index in [4.69, 9.17) is 0 Å². The van der Waals surface area contributed by atoms with Gasteiger partial charge in [0.1, 0.15) is 6.04 Å². The molecule has 1 aromatic carbocycles. The molecule has 2 amide bonds. The topological polar surface area (TPSA) is 58.2 Å². The van der Waals surface area contributed by atoms with E-state index in [-0.39, 0.29) is 30.3 Å². The van der Waals surface area contributed by atoms with Crippen molar-refractivity contribution in [1.82, 2.24) is 10.6 Å². The zero-order valence-electron chi connectivity index (χ0n) is 9.40. The zero-order valence-corrected chi connectivity index (χ0v) is 9.40. The van der Waals surface area contributed by atoms with E-state index in [1.165, 1.54) is 11.1 Å². The summed E-state index contributed by atoms with van der Waals surface area (Å²) in [6, 6.07) is 7.85. The van der Waals surface area contributed by atoms with Crippen LogP contribution in [-0.4, -0.2) is 24.4 Å². The number of carbonyl (C=O) groups excluding carboxylic acids is 2. The van der Waals surface area contributed by atoms with Crippen LogP contribution >= 0.6 is 0 Å². The monoisotopic (exact) mass is 230 g/mol. The molecule has 1 aliphatic carbocycles. The van der Waals surface area contributed by atoms with Crippen LogP contribution in [0.15, 0.2) is 24.3 Å². The number of hydrogen-bond acceptors (Lipinski definition) is 2. The molecule has 17 heavy (non-hydrogen) atoms. The van der Waals surface area contributed by atoms with Crippen LogP contribution in [0.5, 0.6) is 0 Å². The van der Waals surface area contributed by atoms with Gasteiger partial charge in [-0.05, 0) is 29.9 Å². The summed E-state index contributed by atoms with van der Waals surface area (Å²) in [5.74, 6) is 0.0459. The predicted molar refractivity (Wildman–Crippen MR) is 62.3 cm³/mol. The number of fused-ring (bicyclic) bond motifs is 1. The third-order valence-corrected chi connectivity index (χ3v) is 3.58. The lowest BCUT2D eigenvalue weighted by Gasteiger charge is -2.27. The molecule has 2 N–H and O–H groups in total. The van der Waals surface area contributed by atoms with Gasteiger partial charge in [-0.15, -0.1) is 0 Å². The molecule has 0 saturated carbocycles. The lowest BCUT2D eigenvalue weighted by atomic mass is 9.94. The van der Waals surface area contributed by atoms with Gasteiger partial charge in [0, 0.05) is 0 Å². The Morgan fingerprint density at radius 3 is 2.35 bits per heavy atom. The highest BCUT2D eigenvalue weighted by molar-refractivity contribution is 5.95. The fourth-order valence-corrected chi connectivity index (χ4v) is 2.73. The van der Waals surface area contributed by atoms with Gasteiger partial charge in [-0.3, -0.25) is 9.59 Å².